The molecule has 0 saturated carbocycles. The summed E-state index contributed by atoms with van der Waals surface area (Å²) in [4.78, 5) is 0.0716. The molecule has 18 heavy (non-hydrogen) atoms. The van der Waals surface area contributed by atoms with Crippen LogP contribution in [0.3, 0.4) is 0 Å². The maximum atomic E-state index is 13.3. The van der Waals surface area contributed by atoms with Gasteiger partial charge in [0.2, 0.25) is 10.0 Å². The third-order valence-electron chi connectivity index (χ3n) is 3.05. The van der Waals surface area contributed by atoms with Crippen molar-refractivity contribution >= 4 is 21.6 Å². The lowest BCUT2D eigenvalue weighted by atomic mass is 10.2. The molecule has 0 heterocycles. The highest BCUT2D eigenvalue weighted by atomic mass is 35.5. The third-order valence-corrected chi connectivity index (χ3v) is 5.31. The van der Waals surface area contributed by atoms with Gasteiger partial charge in [-0.2, -0.15) is 4.31 Å². The highest BCUT2D eigenvalue weighted by Gasteiger charge is 2.25. The zero-order valence-electron chi connectivity index (χ0n) is 10.7. The van der Waals surface area contributed by atoms with Crippen LogP contribution in [0.15, 0.2) is 23.1 Å². The van der Waals surface area contributed by atoms with Gasteiger partial charge in [-0.3, -0.25) is 0 Å². The molecule has 102 valence electrons. The minimum Gasteiger partial charge on any atom is -0.207 e. The number of benzene rings is 1. The summed E-state index contributed by atoms with van der Waals surface area (Å²) in [6.07, 6.45) is 0.708. The molecule has 1 unspecified atom stereocenters. The zero-order chi connectivity index (χ0) is 13.9. The van der Waals surface area contributed by atoms with Gasteiger partial charge in [0.25, 0.3) is 0 Å². The van der Waals surface area contributed by atoms with E-state index in [0.29, 0.717) is 6.42 Å². The summed E-state index contributed by atoms with van der Waals surface area (Å²) >= 11 is 5.58. The number of rotatable bonds is 5. The van der Waals surface area contributed by atoms with E-state index in [2.05, 4.69) is 0 Å². The van der Waals surface area contributed by atoms with E-state index in [4.69, 9.17) is 11.6 Å². The first-order valence-electron chi connectivity index (χ1n) is 5.67. The maximum Gasteiger partial charge on any atom is 0.243 e. The van der Waals surface area contributed by atoms with Gasteiger partial charge in [-0.15, -0.1) is 11.6 Å². The van der Waals surface area contributed by atoms with Gasteiger partial charge in [0.1, 0.15) is 5.82 Å². The molecular formula is C12H17ClFNO2S. The van der Waals surface area contributed by atoms with Crippen molar-refractivity contribution in [3.05, 3.63) is 29.6 Å². The van der Waals surface area contributed by atoms with Crippen LogP contribution in [0, 0.1) is 5.82 Å². The first-order chi connectivity index (χ1) is 8.34. The predicted molar refractivity (Wildman–Crippen MR) is 70.7 cm³/mol. The molecular weight excluding hydrogens is 277 g/mol. The van der Waals surface area contributed by atoms with Gasteiger partial charge in [0.05, 0.1) is 10.8 Å². The Morgan fingerprint density at radius 2 is 2.06 bits per heavy atom. The molecule has 0 aliphatic rings. The largest absolute Gasteiger partial charge is 0.243 e. The van der Waals surface area contributed by atoms with Crippen LogP contribution in [0.4, 0.5) is 4.39 Å². The van der Waals surface area contributed by atoms with Crippen LogP contribution < -0.4 is 0 Å². The van der Waals surface area contributed by atoms with E-state index in [1.165, 1.54) is 23.5 Å². The Kier molecular flexibility index (Phi) is 5.13. The van der Waals surface area contributed by atoms with Crippen LogP contribution in [0.25, 0.3) is 0 Å². The molecule has 6 heteroatoms. The number of halogens is 2. The van der Waals surface area contributed by atoms with E-state index < -0.39 is 15.8 Å². The fourth-order valence-electron chi connectivity index (χ4n) is 1.47. The van der Waals surface area contributed by atoms with Gasteiger partial charge in [-0.05, 0) is 31.5 Å². The summed E-state index contributed by atoms with van der Waals surface area (Å²) in [5.41, 5.74) is 0.190. The minimum atomic E-state index is -3.59. The standard InChI is InChI=1S/C12H17ClFNO2S/c1-4-9(2)15(3)18(16,17)11-5-6-12(14)10(7-11)8-13/h5-7,9H,4,8H2,1-3H3. The Balaban J connectivity index is 3.20. The smallest absolute Gasteiger partial charge is 0.207 e. The topological polar surface area (TPSA) is 37.4 Å². The fraction of sp³-hybridized carbons (Fsp3) is 0.500. The lowest BCUT2D eigenvalue weighted by Crippen LogP contribution is -2.34. The normalized spacial score (nSPS) is 13.9. The van der Waals surface area contributed by atoms with Crippen LogP contribution in [0.2, 0.25) is 0 Å². The zero-order valence-corrected chi connectivity index (χ0v) is 12.2. The Hall–Kier alpha value is -0.650. The van der Waals surface area contributed by atoms with E-state index in [9.17, 15) is 12.8 Å². The van der Waals surface area contributed by atoms with Crippen molar-refractivity contribution in [2.45, 2.75) is 37.1 Å². The Morgan fingerprint density at radius 3 is 2.56 bits per heavy atom. The minimum absolute atomic E-state index is 0.0533. The summed E-state index contributed by atoms with van der Waals surface area (Å²) in [5.74, 6) is -0.544. The lowest BCUT2D eigenvalue weighted by molar-refractivity contribution is 0.380. The summed E-state index contributed by atoms with van der Waals surface area (Å²) in [6, 6.07) is 3.57. The highest BCUT2D eigenvalue weighted by Crippen LogP contribution is 2.21. The second-order valence-corrected chi connectivity index (χ2v) is 6.43. The summed E-state index contributed by atoms with van der Waals surface area (Å²) in [5, 5.41) is 0. The Morgan fingerprint density at radius 1 is 1.44 bits per heavy atom. The van der Waals surface area contributed by atoms with Crippen molar-refractivity contribution in [2.75, 3.05) is 7.05 Å². The molecule has 1 atom stereocenters. The molecule has 0 spiro atoms. The number of hydrogen-bond acceptors (Lipinski definition) is 2. The molecule has 0 radical (unpaired) electrons. The molecule has 1 aromatic carbocycles. The number of nitrogens with zero attached hydrogens (tertiary/aromatic N) is 1. The average Bonchev–Trinajstić information content (AvgIpc) is 2.37. The van der Waals surface area contributed by atoms with E-state index in [0.717, 1.165) is 6.07 Å². The average molecular weight is 294 g/mol. The maximum absolute atomic E-state index is 13.3. The molecule has 0 saturated heterocycles. The van der Waals surface area contributed by atoms with Gasteiger partial charge < -0.3 is 0 Å². The van der Waals surface area contributed by atoms with Crippen LogP contribution in [0.1, 0.15) is 25.8 Å². The highest BCUT2D eigenvalue weighted by molar-refractivity contribution is 7.89. The number of alkyl halides is 1. The van der Waals surface area contributed by atoms with Gasteiger partial charge in [0, 0.05) is 18.7 Å². The van der Waals surface area contributed by atoms with Crippen molar-refractivity contribution in [3.8, 4) is 0 Å². The van der Waals surface area contributed by atoms with Crippen LogP contribution in [-0.4, -0.2) is 25.8 Å². The number of sulfonamides is 1. The molecule has 0 aromatic heterocycles. The molecule has 0 fully saturated rings. The van der Waals surface area contributed by atoms with Crippen molar-refractivity contribution in [1.29, 1.82) is 0 Å². The van der Waals surface area contributed by atoms with Gasteiger partial charge >= 0.3 is 0 Å². The van der Waals surface area contributed by atoms with E-state index in [1.54, 1.807) is 0 Å². The lowest BCUT2D eigenvalue weighted by Gasteiger charge is -2.23. The molecule has 3 nitrogen and oxygen atoms in total. The van der Waals surface area contributed by atoms with Crippen LogP contribution >= 0.6 is 11.6 Å². The Labute approximate surface area is 113 Å². The van der Waals surface area contributed by atoms with E-state index in [-0.39, 0.29) is 22.4 Å². The van der Waals surface area contributed by atoms with Crippen molar-refractivity contribution in [3.63, 3.8) is 0 Å². The van der Waals surface area contributed by atoms with E-state index >= 15 is 0 Å². The van der Waals surface area contributed by atoms with Gasteiger partial charge in [0.15, 0.2) is 0 Å². The Bertz CT molecular complexity index is 519. The molecule has 1 rings (SSSR count). The quantitative estimate of drug-likeness (QED) is 0.783. The monoisotopic (exact) mass is 293 g/mol. The second kappa shape index (κ2) is 5.99. The van der Waals surface area contributed by atoms with Crippen LogP contribution in [-0.2, 0) is 15.9 Å². The van der Waals surface area contributed by atoms with Crippen molar-refractivity contribution in [2.24, 2.45) is 0 Å². The molecule has 0 N–H and O–H groups in total. The summed E-state index contributed by atoms with van der Waals surface area (Å²) in [7, 11) is -2.07. The third kappa shape index (κ3) is 3.02. The summed E-state index contributed by atoms with van der Waals surface area (Å²) in [6.45, 7) is 3.73. The predicted octanol–water partition coefficient (Wildman–Crippen LogP) is 2.98. The second-order valence-electron chi connectivity index (χ2n) is 4.17. The molecule has 0 amide bonds. The molecule has 0 aliphatic heterocycles. The SMILES string of the molecule is CCC(C)N(C)S(=O)(=O)c1ccc(F)c(CCl)c1. The van der Waals surface area contributed by atoms with E-state index in [1.807, 2.05) is 13.8 Å². The summed E-state index contributed by atoms with van der Waals surface area (Å²) < 4.78 is 39.1. The van der Waals surface area contributed by atoms with Crippen LogP contribution in [0.5, 0.6) is 0 Å². The fourth-order valence-corrected chi connectivity index (χ4v) is 3.17. The molecule has 0 aliphatic carbocycles. The number of hydrogen-bond donors (Lipinski definition) is 0. The molecule has 1 aromatic rings. The van der Waals surface area contributed by atoms with Gasteiger partial charge in [-0.1, -0.05) is 6.92 Å². The molecule has 0 bridgehead atoms. The first kappa shape index (κ1) is 15.4. The van der Waals surface area contributed by atoms with Crippen molar-refractivity contribution in [1.82, 2.24) is 4.31 Å². The first-order valence-corrected chi connectivity index (χ1v) is 7.64. The van der Waals surface area contributed by atoms with Crippen molar-refractivity contribution < 1.29 is 12.8 Å². The van der Waals surface area contributed by atoms with Gasteiger partial charge in [-0.25, -0.2) is 12.8 Å².